The average molecular weight is 212 g/mol. The van der Waals surface area contributed by atoms with Crippen LogP contribution in [0.2, 0.25) is 0 Å². The Bertz CT molecular complexity index is 174. The molecule has 2 rings (SSSR count). The molecule has 0 atom stereocenters. The van der Waals surface area contributed by atoms with E-state index in [1.165, 1.54) is 51.9 Å². The largest absolute Gasteiger partial charge is 0.378 e. The van der Waals surface area contributed by atoms with E-state index in [-0.39, 0.29) is 0 Å². The maximum Gasteiger partial charge on any atom is 0.0599 e. The van der Waals surface area contributed by atoms with Gasteiger partial charge >= 0.3 is 0 Å². The molecule has 1 aliphatic carbocycles. The third kappa shape index (κ3) is 4.09. The predicted octanol–water partition coefficient (Wildman–Crippen LogP) is 1.24. The van der Waals surface area contributed by atoms with Gasteiger partial charge in [0.2, 0.25) is 0 Å². The Kier molecular flexibility index (Phi) is 4.42. The highest BCUT2D eigenvalue weighted by atomic mass is 16.5. The highest BCUT2D eigenvalue weighted by Gasteiger charge is 2.22. The molecule has 1 heterocycles. The summed E-state index contributed by atoms with van der Waals surface area (Å²) in [7, 11) is 0. The number of ether oxygens (including phenoxy) is 1. The first-order valence-corrected chi connectivity index (χ1v) is 6.46. The van der Waals surface area contributed by atoms with Gasteiger partial charge in [-0.1, -0.05) is 0 Å². The van der Waals surface area contributed by atoms with E-state index in [0.29, 0.717) is 6.10 Å². The van der Waals surface area contributed by atoms with Crippen molar-refractivity contribution in [1.29, 1.82) is 0 Å². The van der Waals surface area contributed by atoms with Crippen molar-refractivity contribution in [1.82, 2.24) is 10.2 Å². The molecule has 0 aromatic heterocycles. The molecule has 1 saturated heterocycles. The lowest BCUT2D eigenvalue weighted by Crippen LogP contribution is -2.40. The third-order valence-corrected chi connectivity index (χ3v) is 3.38. The van der Waals surface area contributed by atoms with Gasteiger partial charge in [0, 0.05) is 38.8 Å². The molecule has 0 unspecified atom stereocenters. The SMILES string of the molecule is CCOC1CCN(CCNC2CC2)CC1. The molecule has 3 nitrogen and oxygen atoms in total. The smallest absolute Gasteiger partial charge is 0.0599 e. The number of nitrogens with one attached hydrogen (secondary N) is 1. The number of rotatable bonds is 6. The Labute approximate surface area is 93.2 Å². The minimum Gasteiger partial charge on any atom is -0.378 e. The maximum absolute atomic E-state index is 5.64. The minimum atomic E-state index is 0.530. The van der Waals surface area contributed by atoms with Crippen LogP contribution in [0.15, 0.2) is 0 Å². The molecular weight excluding hydrogens is 188 g/mol. The second kappa shape index (κ2) is 5.83. The Morgan fingerprint density at radius 1 is 1.20 bits per heavy atom. The van der Waals surface area contributed by atoms with E-state index in [1.54, 1.807) is 0 Å². The Balaban J connectivity index is 1.52. The number of hydrogen-bond acceptors (Lipinski definition) is 3. The normalized spacial score (nSPS) is 24.6. The summed E-state index contributed by atoms with van der Waals surface area (Å²) in [5, 5.41) is 3.57. The highest BCUT2D eigenvalue weighted by Crippen LogP contribution is 2.18. The van der Waals surface area contributed by atoms with E-state index in [0.717, 1.165) is 12.6 Å². The summed E-state index contributed by atoms with van der Waals surface area (Å²) < 4.78 is 5.64. The third-order valence-electron chi connectivity index (χ3n) is 3.38. The van der Waals surface area contributed by atoms with Crippen LogP contribution in [0.5, 0.6) is 0 Å². The second-order valence-corrected chi connectivity index (χ2v) is 4.72. The Morgan fingerprint density at radius 3 is 2.53 bits per heavy atom. The maximum atomic E-state index is 5.64. The summed E-state index contributed by atoms with van der Waals surface area (Å²) in [6.45, 7) is 7.78. The van der Waals surface area contributed by atoms with E-state index in [2.05, 4.69) is 17.1 Å². The van der Waals surface area contributed by atoms with Gasteiger partial charge in [0.15, 0.2) is 0 Å². The van der Waals surface area contributed by atoms with Crippen molar-refractivity contribution in [2.45, 2.75) is 44.8 Å². The van der Waals surface area contributed by atoms with Crippen molar-refractivity contribution in [3.8, 4) is 0 Å². The molecule has 0 amide bonds. The molecule has 3 heteroatoms. The van der Waals surface area contributed by atoms with Gasteiger partial charge in [0.1, 0.15) is 0 Å². The molecule has 1 N–H and O–H groups in total. The molecule has 1 aliphatic heterocycles. The van der Waals surface area contributed by atoms with Gasteiger partial charge in [-0.25, -0.2) is 0 Å². The van der Waals surface area contributed by atoms with Gasteiger partial charge in [-0.3, -0.25) is 0 Å². The van der Waals surface area contributed by atoms with Crippen LogP contribution < -0.4 is 5.32 Å². The molecule has 0 aromatic carbocycles. The Hall–Kier alpha value is -0.120. The molecule has 1 saturated carbocycles. The van der Waals surface area contributed by atoms with E-state index in [4.69, 9.17) is 4.74 Å². The van der Waals surface area contributed by atoms with Gasteiger partial charge in [-0.05, 0) is 32.6 Å². The van der Waals surface area contributed by atoms with Crippen LogP contribution in [-0.4, -0.2) is 49.8 Å². The van der Waals surface area contributed by atoms with Crippen molar-refractivity contribution in [2.24, 2.45) is 0 Å². The highest BCUT2D eigenvalue weighted by molar-refractivity contribution is 4.81. The molecule has 2 aliphatic rings. The van der Waals surface area contributed by atoms with E-state index in [9.17, 15) is 0 Å². The zero-order chi connectivity index (χ0) is 10.5. The van der Waals surface area contributed by atoms with Gasteiger partial charge < -0.3 is 15.0 Å². The van der Waals surface area contributed by atoms with Gasteiger partial charge in [0.25, 0.3) is 0 Å². The van der Waals surface area contributed by atoms with Gasteiger partial charge in [0.05, 0.1) is 6.10 Å². The molecule has 0 radical (unpaired) electrons. The summed E-state index contributed by atoms with van der Waals surface area (Å²) in [5.74, 6) is 0. The first-order valence-electron chi connectivity index (χ1n) is 6.46. The summed E-state index contributed by atoms with van der Waals surface area (Å²) in [5.41, 5.74) is 0. The zero-order valence-electron chi connectivity index (χ0n) is 9.87. The topological polar surface area (TPSA) is 24.5 Å². The number of hydrogen-bond donors (Lipinski definition) is 1. The van der Waals surface area contributed by atoms with E-state index in [1.807, 2.05) is 0 Å². The molecular formula is C12H24N2O. The monoisotopic (exact) mass is 212 g/mol. The van der Waals surface area contributed by atoms with Gasteiger partial charge in [-0.15, -0.1) is 0 Å². The molecule has 15 heavy (non-hydrogen) atoms. The second-order valence-electron chi connectivity index (χ2n) is 4.72. The molecule has 2 fully saturated rings. The first-order chi connectivity index (χ1) is 7.38. The van der Waals surface area contributed by atoms with E-state index < -0.39 is 0 Å². The standard InChI is InChI=1S/C12H24N2O/c1-2-15-12-5-8-14(9-6-12)10-7-13-11-3-4-11/h11-13H,2-10H2,1H3. The van der Waals surface area contributed by atoms with Crippen LogP contribution in [0.25, 0.3) is 0 Å². The van der Waals surface area contributed by atoms with Crippen molar-refractivity contribution in [3.63, 3.8) is 0 Å². The summed E-state index contributed by atoms with van der Waals surface area (Å²) in [4.78, 5) is 2.56. The van der Waals surface area contributed by atoms with Crippen LogP contribution in [0.1, 0.15) is 32.6 Å². The van der Waals surface area contributed by atoms with Crippen LogP contribution in [0, 0.1) is 0 Å². The van der Waals surface area contributed by atoms with E-state index >= 15 is 0 Å². The zero-order valence-corrected chi connectivity index (χ0v) is 9.87. The molecule has 88 valence electrons. The van der Waals surface area contributed by atoms with Crippen LogP contribution in [-0.2, 0) is 4.74 Å². The predicted molar refractivity (Wildman–Crippen MR) is 62.1 cm³/mol. The lowest BCUT2D eigenvalue weighted by atomic mass is 10.1. The quantitative estimate of drug-likeness (QED) is 0.717. The van der Waals surface area contributed by atoms with Crippen LogP contribution in [0.3, 0.4) is 0 Å². The fraction of sp³-hybridized carbons (Fsp3) is 1.00. The lowest BCUT2D eigenvalue weighted by Gasteiger charge is -2.31. The lowest BCUT2D eigenvalue weighted by molar-refractivity contribution is 0.0145. The van der Waals surface area contributed by atoms with Gasteiger partial charge in [-0.2, -0.15) is 0 Å². The van der Waals surface area contributed by atoms with Crippen LogP contribution in [0.4, 0.5) is 0 Å². The number of nitrogens with zero attached hydrogens (tertiary/aromatic N) is 1. The number of piperidine rings is 1. The molecule has 0 spiro atoms. The molecule has 0 aromatic rings. The fourth-order valence-electron chi connectivity index (χ4n) is 2.25. The summed E-state index contributed by atoms with van der Waals surface area (Å²) in [6.07, 6.45) is 5.76. The first kappa shape index (κ1) is 11.4. The average Bonchev–Trinajstić information content (AvgIpc) is 3.05. The minimum absolute atomic E-state index is 0.530. The van der Waals surface area contributed by atoms with Crippen molar-refractivity contribution in [3.05, 3.63) is 0 Å². The molecule has 0 bridgehead atoms. The fourth-order valence-corrected chi connectivity index (χ4v) is 2.25. The summed E-state index contributed by atoms with van der Waals surface area (Å²) in [6, 6.07) is 0.853. The van der Waals surface area contributed by atoms with Crippen molar-refractivity contribution < 1.29 is 4.74 Å². The van der Waals surface area contributed by atoms with Crippen molar-refractivity contribution in [2.75, 3.05) is 32.8 Å². The summed E-state index contributed by atoms with van der Waals surface area (Å²) >= 11 is 0. The van der Waals surface area contributed by atoms with Crippen LogP contribution >= 0.6 is 0 Å². The Morgan fingerprint density at radius 2 is 1.93 bits per heavy atom. The number of likely N-dealkylation sites (tertiary alicyclic amines) is 1. The van der Waals surface area contributed by atoms with Crippen molar-refractivity contribution >= 4 is 0 Å².